The summed E-state index contributed by atoms with van der Waals surface area (Å²) in [6, 6.07) is 17.2. The summed E-state index contributed by atoms with van der Waals surface area (Å²) in [5, 5.41) is 0. The van der Waals surface area contributed by atoms with Gasteiger partial charge in [-0.3, -0.25) is 0 Å². The van der Waals surface area contributed by atoms with E-state index in [0.717, 1.165) is 5.56 Å². The molecule has 2 aromatic rings. The molecule has 3 rings (SSSR count). The minimum absolute atomic E-state index is 0.160. The van der Waals surface area contributed by atoms with Gasteiger partial charge in [0.25, 0.3) is 0 Å². The number of hydrogen-bond acceptors (Lipinski definition) is 2. The zero-order valence-corrected chi connectivity index (χ0v) is 12.1. The van der Waals surface area contributed by atoms with E-state index in [-0.39, 0.29) is 4.39 Å². The fourth-order valence-electron chi connectivity index (χ4n) is 3.12. The smallest absolute Gasteiger partial charge is 0.592 e. The van der Waals surface area contributed by atoms with Crippen molar-refractivity contribution in [2.24, 2.45) is 0 Å². The topological polar surface area (TPSA) is 26.3 Å². The van der Waals surface area contributed by atoms with Crippen molar-refractivity contribution >= 4 is 18.2 Å². The Labute approximate surface area is 123 Å². The lowest BCUT2D eigenvalue weighted by molar-refractivity contribution is -0.816. The van der Waals surface area contributed by atoms with Crippen LogP contribution in [0.15, 0.2) is 60.7 Å². The largest absolute Gasteiger partial charge is 0.603 e. The Kier molecular flexibility index (Phi) is 3.10. The zero-order chi connectivity index (χ0) is 15.1. The van der Waals surface area contributed by atoms with Gasteiger partial charge in [-0.25, -0.2) is 4.79 Å². The SMILES string of the molecule is C[N+]1(C)[C@H](c2ccccc2)C(=O)O[B-]1(F)c1ccccc1. The van der Waals surface area contributed by atoms with E-state index < -0.39 is 18.8 Å². The fraction of sp³-hybridized carbons (Fsp3) is 0.188. The monoisotopic (exact) mass is 285 g/mol. The molecule has 3 nitrogen and oxygen atoms in total. The van der Waals surface area contributed by atoms with Gasteiger partial charge in [0.05, 0.1) is 0 Å². The first-order chi connectivity index (χ1) is 9.97. The molecule has 1 saturated heterocycles. The third kappa shape index (κ3) is 1.96. The Morgan fingerprint density at radius 2 is 1.52 bits per heavy atom. The van der Waals surface area contributed by atoms with E-state index in [9.17, 15) is 4.79 Å². The Morgan fingerprint density at radius 1 is 1.00 bits per heavy atom. The van der Waals surface area contributed by atoms with E-state index in [1.807, 2.05) is 36.4 Å². The Bertz CT molecular complexity index is 662. The van der Waals surface area contributed by atoms with Crippen molar-refractivity contribution in [3.63, 3.8) is 0 Å². The molecular weight excluding hydrogens is 268 g/mol. The number of rotatable bonds is 2. The van der Waals surface area contributed by atoms with Crippen LogP contribution in [0.4, 0.5) is 4.32 Å². The number of halogens is 1. The molecule has 1 aliphatic rings. The predicted molar refractivity (Wildman–Crippen MR) is 80.3 cm³/mol. The molecule has 0 N–H and O–H groups in total. The second kappa shape index (κ2) is 4.70. The molecule has 0 bridgehead atoms. The van der Waals surface area contributed by atoms with Gasteiger partial charge in [0.2, 0.25) is 0 Å². The van der Waals surface area contributed by atoms with Gasteiger partial charge in [-0.1, -0.05) is 66.1 Å². The summed E-state index contributed by atoms with van der Waals surface area (Å²) in [5.41, 5.74) is 1.18. The van der Waals surface area contributed by atoms with Crippen molar-refractivity contribution in [2.75, 3.05) is 14.1 Å². The van der Waals surface area contributed by atoms with Crippen LogP contribution in [0.2, 0.25) is 0 Å². The molecule has 1 unspecified atom stereocenters. The van der Waals surface area contributed by atoms with Gasteiger partial charge >= 0.3 is 12.7 Å². The maximum atomic E-state index is 15.6. The number of carbonyl (C=O) groups excluding carboxylic acids is 1. The highest BCUT2D eigenvalue weighted by molar-refractivity contribution is 6.76. The van der Waals surface area contributed by atoms with Crippen LogP contribution >= 0.6 is 0 Å². The molecule has 0 saturated carbocycles. The summed E-state index contributed by atoms with van der Waals surface area (Å²) in [7, 11) is 3.41. The van der Waals surface area contributed by atoms with Crippen molar-refractivity contribution in [1.82, 2.24) is 0 Å². The fourth-order valence-corrected chi connectivity index (χ4v) is 3.12. The number of nitrogens with zero attached hydrogens (tertiary/aromatic N) is 1. The average Bonchev–Trinajstić information content (AvgIpc) is 2.67. The number of hydrogen-bond donors (Lipinski definition) is 0. The first kappa shape index (κ1) is 13.8. The molecule has 1 heterocycles. The van der Waals surface area contributed by atoms with Gasteiger partial charge in [-0.05, 0) is 0 Å². The lowest BCUT2D eigenvalue weighted by atomic mass is 9.63. The first-order valence-electron chi connectivity index (χ1n) is 6.96. The van der Waals surface area contributed by atoms with E-state index in [1.54, 1.807) is 38.4 Å². The van der Waals surface area contributed by atoms with Crippen LogP contribution in [-0.4, -0.2) is 31.2 Å². The molecule has 108 valence electrons. The molecule has 2 aromatic carbocycles. The van der Waals surface area contributed by atoms with Crippen LogP contribution in [0.3, 0.4) is 0 Å². The van der Waals surface area contributed by atoms with Crippen molar-refractivity contribution in [3.05, 3.63) is 66.2 Å². The van der Waals surface area contributed by atoms with E-state index in [2.05, 4.69) is 0 Å². The number of benzene rings is 2. The second-order valence-electron chi connectivity index (χ2n) is 5.94. The van der Waals surface area contributed by atoms with Crippen LogP contribution in [0.1, 0.15) is 11.6 Å². The van der Waals surface area contributed by atoms with Gasteiger partial charge in [-0.2, -0.15) is 0 Å². The zero-order valence-electron chi connectivity index (χ0n) is 12.1. The van der Waals surface area contributed by atoms with E-state index >= 15 is 4.32 Å². The molecule has 0 aromatic heterocycles. The molecule has 2 atom stereocenters. The van der Waals surface area contributed by atoms with Crippen LogP contribution < -0.4 is 5.46 Å². The van der Waals surface area contributed by atoms with E-state index in [4.69, 9.17) is 4.65 Å². The maximum absolute atomic E-state index is 15.6. The molecule has 0 aliphatic carbocycles. The highest BCUT2D eigenvalue weighted by atomic mass is 19.1. The summed E-state index contributed by atoms with van der Waals surface area (Å²) in [6.07, 6.45) is 0. The quantitative estimate of drug-likeness (QED) is 0.791. The first-order valence-corrected chi connectivity index (χ1v) is 6.96. The van der Waals surface area contributed by atoms with Crippen LogP contribution in [-0.2, 0) is 9.45 Å². The standard InChI is InChI=1S/C16H17BFNO2/c1-19(2)15(13-9-5-3-6-10-13)16(20)21-17(19,18)14-11-7-4-8-12-14/h3-12,15H,1-2H3/t15-,17?/m1/s1. The Balaban J connectivity index is 2.10. The van der Waals surface area contributed by atoms with Crippen molar-refractivity contribution in [2.45, 2.75) is 6.04 Å². The lowest BCUT2D eigenvalue weighted by Crippen LogP contribution is -2.65. The summed E-state index contributed by atoms with van der Waals surface area (Å²) in [4.78, 5) is 12.3. The van der Waals surface area contributed by atoms with E-state index in [0.29, 0.717) is 5.46 Å². The number of likely N-dealkylation sites (N-methyl/N-ethyl adjacent to an activating group) is 1. The van der Waals surface area contributed by atoms with Gasteiger partial charge in [0.15, 0.2) is 6.04 Å². The number of quaternary nitrogens is 1. The highest BCUT2D eigenvalue weighted by Gasteiger charge is 2.62. The Hall–Kier alpha value is -2.14. The molecular formula is C16H17BFNO2. The van der Waals surface area contributed by atoms with Crippen LogP contribution in [0.25, 0.3) is 0 Å². The van der Waals surface area contributed by atoms with Crippen LogP contribution in [0.5, 0.6) is 0 Å². The third-order valence-electron chi connectivity index (χ3n) is 4.34. The molecule has 1 fully saturated rings. The summed E-state index contributed by atoms with van der Waals surface area (Å²) in [6.45, 7) is -2.96. The van der Waals surface area contributed by atoms with Gasteiger partial charge in [-0.15, -0.1) is 0 Å². The van der Waals surface area contributed by atoms with Crippen LogP contribution in [0, 0.1) is 0 Å². The minimum atomic E-state index is -2.96. The molecule has 1 aliphatic heterocycles. The molecule has 0 amide bonds. The predicted octanol–water partition coefficient (Wildman–Crippen LogP) is 2.18. The normalized spacial score (nSPS) is 27.4. The maximum Gasteiger partial charge on any atom is 0.592 e. The van der Waals surface area contributed by atoms with Gasteiger partial charge in [0, 0.05) is 19.7 Å². The molecule has 0 spiro atoms. The third-order valence-corrected chi connectivity index (χ3v) is 4.34. The second-order valence-corrected chi connectivity index (χ2v) is 5.94. The Morgan fingerprint density at radius 3 is 2.10 bits per heavy atom. The summed E-state index contributed by atoms with van der Waals surface area (Å²) >= 11 is 0. The summed E-state index contributed by atoms with van der Waals surface area (Å²) in [5.74, 6) is -0.516. The lowest BCUT2D eigenvalue weighted by Gasteiger charge is -2.44. The van der Waals surface area contributed by atoms with Crippen molar-refractivity contribution in [1.29, 1.82) is 0 Å². The van der Waals surface area contributed by atoms with E-state index in [1.165, 1.54) is 0 Å². The molecule has 21 heavy (non-hydrogen) atoms. The van der Waals surface area contributed by atoms with Gasteiger partial charge < -0.3 is 13.4 Å². The number of carbonyl (C=O) groups is 1. The molecule has 0 radical (unpaired) electrons. The summed E-state index contributed by atoms with van der Waals surface area (Å²) < 4.78 is 20.7. The van der Waals surface area contributed by atoms with Gasteiger partial charge in [0.1, 0.15) is 0 Å². The minimum Gasteiger partial charge on any atom is -0.603 e. The molecule has 5 heteroatoms. The van der Waals surface area contributed by atoms with Crippen molar-refractivity contribution < 1.29 is 18.2 Å². The average molecular weight is 285 g/mol. The highest BCUT2D eigenvalue weighted by Crippen LogP contribution is 2.40. The van der Waals surface area contributed by atoms with Crippen molar-refractivity contribution in [3.8, 4) is 0 Å².